The summed E-state index contributed by atoms with van der Waals surface area (Å²) in [5.41, 5.74) is 0. The van der Waals surface area contributed by atoms with Gasteiger partial charge in [0.05, 0.1) is 0 Å². The third kappa shape index (κ3) is 50.5. The Hall–Kier alpha value is -4.45. The van der Waals surface area contributed by atoms with E-state index in [1.807, 2.05) is 48.6 Å². The van der Waals surface area contributed by atoms with Crippen LogP contribution in [0.3, 0.4) is 0 Å². The summed E-state index contributed by atoms with van der Waals surface area (Å²) in [7, 11) is 0. The highest BCUT2D eigenvalue weighted by Gasteiger charge is 2.19. The Morgan fingerprint density at radius 1 is 0.333 bits per heavy atom. The molecule has 0 radical (unpaired) electrons. The average Bonchev–Trinajstić information content (AvgIpc) is 3.31. The normalized spacial score (nSPS) is 13.2. The molecule has 1 atom stereocenters. The summed E-state index contributed by atoms with van der Waals surface area (Å²) in [5.74, 6) is -1.06. The van der Waals surface area contributed by atoms with Crippen LogP contribution in [-0.2, 0) is 28.6 Å². The van der Waals surface area contributed by atoms with Gasteiger partial charge in [0.15, 0.2) is 6.10 Å². The smallest absolute Gasteiger partial charge is 0.306 e. The minimum absolute atomic E-state index is 0.127. The summed E-state index contributed by atoms with van der Waals surface area (Å²) in [4.78, 5) is 38.0. The minimum atomic E-state index is -0.840. The zero-order valence-corrected chi connectivity index (χ0v) is 42.1. The van der Waals surface area contributed by atoms with E-state index in [0.717, 1.165) is 83.5 Å². The van der Waals surface area contributed by atoms with Gasteiger partial charge >= 0.3 is 17.9 Å². The number of esters is 3. The summed E-state index contributed by atoms with van der Waals surface area (Å²) in [6.07, 6.45) is 74.5. The highest BCUT2D eigenvalue weighted by Crippen LogP contribution is 2.13. The number of rotatable bonds is 45. The van der Waals surface area contributed by atoms with E-state index in [4.69, 9.17) is 14.2 Å². The predicted molar refractivity (Wildman–Crippen MR) is 283 cm³/mol. The molecule has 0 saturated carbocycles. The average molecular weight is 911 g/mol. The number of allylic oxidation sites excluding steroid dienone is 22. The zero-order valence-electron chi connectivity index (χ0n) is 42.1. The zero-order chi connectivity index (χ0) is 47.9. The van der Waals surface area contributed by atoms with E-state index in [2.05, 4.69) is 106 Å². The molecule has 0 rings (SSSR count). The van der Waals surface area contributed by atoms with Crippen molar-refractivity contribution in [3.05, 3.63) is 134 Å². The fraction of sp³-hybridized carbons (Fsp3) is 0.583. The van der Waals surface area contributed by atoms with Crippen molar-refractivity contribution in [2.24, 2.45) is 0 Å². The fourth-order valence-electron chi connectivity index (χ4n) is 6.61. The molecule has 0 aromatic heterocycles. The van der Waals surface area contributed by atoms with Crippen LogP contribution in [0.4, 0.5) is 0 Å². The van der Waals surface area contributed by atoms with Gasteiger partial charge in [-0.05, 0) is 96.3 Å². The molecule has 0 heterocycles. The number of carbonyl (C=O) groups is 3. The van der Waals surface area contributed by atoms with Crippen LogP contribution in [-0.4, -0.2) is 37.2 Å². The highest BCUT2D eigenvalue weighted by molar-refractivity contribution is 5.71. The molecule has 0 fully saturated rings. The Labute approximate surface area is 405 Å². The molecule has 0 bridgehead atoms. The van der Waals surface area contributed by atoms with Gasteiger partial charge in [-0.1, -0.05) is 225 Å². The van der Waals surface area contributed by atoms with Crippen molar-refractivity contribution in [3.8, 4) is 0 Å². The van der Waals surface area contributed by atoms with Crippen LogP contribution >= 0.6 is 0 Å². The molecule has 370 valence electrons. The van der Waals surface area contributed by atoms with Crippen LogP contribution < -0.4 is 0 Å². The second-order valence-corrected chi connectivity index (χ2v) is 16.8. The fourth-order valence-corrected chi connectivity index (χ4v) is 6.61. The number of carbonyl (C=O) groups excluding carboxylic acids is 3. The molecule has 0 aliphatic heterocycles. The van der Waals surface area contributed by atoms with E-state index in [1.165, 1.54) is 77.0 Å². The van der Waals surface area contributed by atoms with Crippen LogP contribution in [0.5, 0.6) is 0 Å². The monoisotopic (exact) mass is 911 g/mol. The van der Waals surface area contributed by atoms with Gasteiger partial charge in [-0.15, -0.1) is 0 Å². The first-order valence-electron chi connectivity index (χ1n) is 26.3. The number of unbranched alkanes of at least 4 members (excludes halogenated alkanes) is 16. The number of hydrogen-bond donors (Lipinski definition) is 0. The van der Waals surface area contributed by atoms with Crippen molar-refractivity contribution in [2.45, 2.75) is 213 Å². The molecule has 1 unspecified atom stereocenters. The standard InChI is InChI=1S/C60H94O6/c1-4-7-10-13-16-19-22-25-27-29-30-31-33-35-38-41-44-47-50-53-59(62)65-56-57(55-64-58(61)52-49-46-43-40-37-34-24-21-18-15-12-9-6-3)66-60(63)54-51-48-45-42-39-36-32-28-26-23-20-17-14-11-8-5-2/h8-9,11-12,15-22,24-26,28,34,36-37,39,45,48,57H,4-7,10,13-14,23,27,29-33,35,38,40-44,46-47,49-56H2,1-3H3/b11-8+,12-9+,18-15+,19-16+,20-17+,24-21+,25-22+,28-26+,37-34+,39-36+,48-45+. The predicted octanol–water partition coefficient (Wildman–Crippen LogP) is 17.5. The van der Waals surface area contributed by atoms with E-state index in [0.29, 0.717) is 19.3 Å². The Balaban J connectivity index is 4.54. The van der Waals surface area contributed by atoms with Gasteiger partial charge in [0.2, 0.25) is 0 Å². The van der Waals surface area contributed by atoms with E-state index in [1.54, 1.807) is 0 Å². The molecule has 0 spiro atoms. The Morgan fingerprint density at radius 3 is 1.17 bits per heavy atom. The molecular formula is C60H94O6. The maximum absolute atomic E-state index is 12.8. The maximum Gasteiger partial charge on any atom is 0.306 e. The summed E-state index contributed by atoms with van der Waals surface area (Å²) < 4.78 is 16.7. The van der Waals surface area contributed by atoms with Crippen LogP contribution in [0.25, 0.3) is 0 Å². The van der Waals surface area contributed by atoms with Crippen molar-refractivity contribution in [2.75, 3.05) is 13.2 Å². The van der Waals surface area contributed by atoms with E-state index >= 15 is 0 Å². The molecule has 6 heteroatoms. The van der Waals surface area contributed by atoms with Crippen LogP contribution in [0.2, 0.25) is 0 Å². The molecule has 0 amide bonds. The number of hydrogen-bond acceptors (Lipinski definition) is 6. The molecule has 0 aliphatic rings. The number of ether oxygens (including phenoxy) is 3. The molecule has 0 aliphatic carbocycles. The first-order chi connectivity index (χ1) is 32.5. The molecular weight excluding hydrogens is 817 g/mol. The Morgan fingerprint density at radius 2 is 0.697 bits per heavy atom. The lowest BCUT2D eigenvalue weighted by Crippen LogP contribution is -2.30. The largest absolute Gasteiger partial charge is 0.462 e. The summed E-state index contributed by atoms with van der Waals surface area (Å²) in [6.45, 7) is 6.24. The van der Waals surface area contributed by atoms with E-state index in [-0.39, 0.29) is 31.6 Å². The topological polar surface area (TPSA) is 78.9 Å². The van der Waals surface area contributed by atoms with Crippen molar-refractivity contribution in [3.63, 3.8) is 0 Å². The molecule has 0 N–H and O–H groups in total. The van der Waals surface area contributed by atoms with Crippen molar-refractivity contribution < 1.29 is 28.6 Å². The van der Waals surface area contributed by atoms with Crippen molar-refractivity contribution in [1.82, 2.24) is 0 Å². The van der Waals surface area contributed by atoms with Crippen molar-refractivity contribution in [1.29, 1.82) is 0 Å². The quantitative estimate of drug-likeness (QED) is 0.0199. The van der Waals surface area contributed by atoms with Gasteiger partial charge < -0.3 is 14.2 Å². The second kappa shape index (κ2) is 53.2. The third-order valence-electron chi connectivity index (χ3n) is 10.5. The summed E-state index contributed by atoms with van der Waals surface area (Å²) in [5, 5.41) is 0. The molecule has 66 heavy (non-hydrogen) atoms. The lowest BCUT2D eigenvalue weighted by atomic mass is 10.1. The van der Waals surface area contributed by atoms with Gasteiger partial charge in [0.1, 0.15) is 13.2 Å². The Bertz CT molecular complexity index is 1460. The summed E-state index contributed by atoms with van der Waals surface area (Å²) >= 11 is 0. The third-order valence-corrected chi connectivity index (χ3v) is 10.5. The molecule has 0 saturated heterocycles. The lowest BCUT2D eigenvalue weighted by Gasteiger charge is -2.18. The first-order valence-corrected chi connectivity index (χ1v) is 26.3. The molecule has 6 nitrogen and oxygen atoms in total. The minimum Gasteiger partial charge on any atom is -0.462 e. The highest BCUT2D eigenvalue weighted by atomic mass is 16.6. The van der Waals surface area contributed by atoms with Gasteiger partial charge in [-0.2, -0.15) is 0 Å². The molecule has 0 aromatic rings. The second-order valence-electron chi connectivity index (χ2n) is 16.8. The van der Waals surface area contributed by atoms with Crippen LogP contribution in [0.15, 0.2) is 134 Å². The van der Waals surface area contributed by atoms with E-state index < -0.39 is 12.1 Å². The maximum atomic E-state index is 12.8. The van der Waals surface area contributed by atoms with Gasteiger partial charge in [0.25, 0.3) is 0 Å². The van der Waals surface area contributed by atoms with Gasteiger partial charge in [-0.3, -0.25) is 14.4 Å². The van der Waals surface area contributed by atoms with Crippen LogP contribution in [0, 0.1) is 0 Å². The molecule has 0 aromatic carbocycles. The van der Waals surface area contributed by atoms with Crippen LogP contribution in [0.1, 0.15) is 207 Å². The SMILES string of the molecule is CC/C=C/C=C/C=C/C=C/CCCCCC(=O)OCC(COC(=O)CCCCCCCCCCCC/C=C/C=C/CCCCC)OC(=O)CC/C=C/C/C=C/C/C=C/C/C=C/C/C=C/CC. The Kier molecular flexibility index (Phi) is 49.6. The van der Waals surface area contributed by atoms with Gasteiger partial charge in [-0.25, -0.2) is 0 Å². The van der Waals surface area contributed by atoms with Gasteiger partial charge in [0, 0.05) is 19.3 Å². The first kappa shape index (κ1) is 61.5. The van der Waals surface area contributed by atoms with E-state index in [9.17, 15) is 14.4 Å². The summed E-state index contributed by atoms with van der Waals surface area (Å²) in [6, 6.07) is 0. The van der Waals surface area contributed by atoms with Crippen molar-refractivity contribution >= 4 is 17.9 Å². The lowest BCUT2D eigenvalue weighted by molar-refractivity contribution is -0.166.